The molecule has 2 unspecified atom stereocenters. The van der Waals surface area contributed by atoms with Crippen LogP contribution < -0.4 is 0 Å². The molecule has 2 atom stereocenters. The van der Waals surface area contributed by atoms with Gasteiger partial charge in [0.2, 0.25) is 0 Å². The summed E-state index contributed by atoms with van der Waals surface area (Å²) in [4.78, 5) is 37.6. The van der Waals surface area contributed by atoms with Crippen LogP contribution in [0.4, 0.5) is 0 Å². The number of hydrogen-bond acceptors (Lipinski definition) is 7. The van der Waals surface area contributed by atoms with Gasteiger partial charge in [-0.25, -0.2) is 4.79 Å². The number of nitrogens with zero attached hydrogens (tertiary/aromatic N) is 1. The number of likely N-dealkylation sites (N-methyl/N-ethyl adjacent to an activating group) is 1. The predicted molar refractivity (Wildman–Crippen MR) is 360 cm³/mol. The van der Waals surface area contributed by atoms with Gasteiger partial charge in [-0.2, -0.15) is 0 Å². The Balaban J connectivity index is 4.01. The zero-order chi connectivity index (χ0) is 61.2. The van der Waals surface area contributed by atoms with Gasteiger partial charge in [-0.15, -0.1) is 0 Å². The summed E-state index contributed by atoms with van der Waals surface area (Å²) in [5, 5.41) is 9.75. The molecule has 0 rings (SSSR count). The summed E-state index contributed by atoms with van der Waals surface area (Å²) in [5.74, 6) is -1.98. The molecule has 0 saturated carbocycles. The van der Waals surface area contributed by atoms with Crippen molar-refractivity contribution in [2.45, 2.75) is 354 Å². The molecule has 0 fully saturated rings. The first kappa shape index (κ1) is 81.0. The number of unbranched alkanes of at least 4 members (excludes halogenated alkanes) is 42. The third-order valence-electron chi connectivity index (χ3n) is 16.0. The number of ether oxygens (including phenoxy) is 4. The van der Waals surface area contributed by atoms with Crippen LogP contribution in [0.5, 0.6) is 0 Å². The lowest BCUT2D eigenvalue weighted by atomic mass is 10.0. The van der Waals surface area contributed by atoms with Gasteiger partial charge in [-0.1, -0.05) is 331 Å². The number of aliphatic carboxylic acids is 1. The number of allylic oxidation sites excluding steroid dienone is 10. The van der Waals surface area contributed by atoms with E-state index in [0.29, 0.717) is 17.4 Å². The van der Waals surface area contributed by atoms with E-state index in [4.69, 9.17) is 18.9 Å². The predicted octanol–water partition coefficient (Wildman–Crippen LogP) is 22.3. The molecule has 490 valence electrons. The summed E-state index contributed by atoms with van der Waals surface area (Å²) < 4.78 is 23.0. The van der Waals surface area contributed by atoms with E-state index < -0.39 is 18.4 Å². The van der Waals surface area contributed by atoms with E-state index >= 15 is 0 Å². The molecule has 1 N–H and O–H groups in total. The zero-order valence-electron chi connectivity index (χ0n) is 56.1. The second kappa shape index (κ2) is 66.0. The minimum Gasteiger partial charge on any atom is -0.477 e. The Bertz CT molecular complexity index is 1560. The number of carbonyl (C=O) groups is 3. The Hall–Kier alpha value is -3.01. The van der Waals surface area contributed by atoms with E-state index in [9.17, 15) is 19.5 Å². The quantitative estimate of drug-likeness (QED) is 0.0211. The highest BCUT2D eigenvalue weighted by Crippen LogP contribution is 2.19. The van der Waals surface area contributed by atoms with Gasteiger partial charge in [0.15, 0.2) is 6.10 Å². The summed E-state index contributed by atoms with van der Waals surface area (Å²) in [6, 6.07) is 0. The van der Waals surface area contributed by atoms with Crippen molar-refractivity contribution in [3.8, 4) is 0 Å². The van der Waals surface area contributed by atoms with E-state index in [-0.39, 0.29) is 38.2 Å². The Labute approximate surface area is 520 Å². The van der Waals surface area contributed by atoms with Crippen LogP contribution in [0.2, 0.25) is 0 Å². The van der Waals surface area contributed by atoms with Gasteiger partial charge in [0, 0.05) is 12.8 Å². The van der Waals surface area contributed by atoms with E-state index in [1.165, 1.54) is 244 Å². The molecule has 9 heteroatoms. The lowest BCUT2D eigenvalue weighted by Gasteiger charge is -2.25. The maximum atomic E-state index is 12.9. The van der Waals surface area contributed by atoms with Crippen LogP contribution in [0, 0.1) is 0 Å². The van der Waals surface area contributed by atoms with Crippen molar-refractivity contribution in [2.24, 2.45) is 0 Å². The first-order valence-corrected chi connectivity index (χ1v) is 36.0. The average Bonchev–Trinajstić information content (AvgIpc) is 3.55. The number of quaternary nitrogens is 1. The molecule has 0 aliphatic heterocycles. The second-order valence-electron chi connectivity index (χ2n) is 25.5. The molecule has 0 aliphatic rings. The number of carboxylic acid groups (broad SMARTS) is 1. The van der Waals surface area contributed by atoms with Crippen LogP contribution in [0.3, 0.4) is 0 Å². The van der Waals surface area contributed by atoms with Crippen LogP contribution in [-0.4, -0.2) is 87.4 Å². The van der Waals surface area contributed by atoms with Crippen molar-refractivity contribution >= 4 is 17.9 Å². The van der Waals surface area contributed by atoms with Crippen molar-refractivity contribution in [1.29, 1.82) is 0 Å². The number of hydrogen-bond donors (Lipinski definition) is 1. The molecule has 0 heterocycles. The second-order valence-corrected chi connectivity index (χ2v) is 25.5. The van der Waals surface area contributed by atoms with Gasteiger partial charge in [0.05, 0.1) is 34.4 Å². The number of rotatable bonds is 67. The maximum absolute atomic E-state index is 12.9. The minimum atomic E-state index is -1.51. The molecule has 0 aromatic heterocycles. The van der Waals surface area contributed by atoms with Gasteiger partial charge in [0.25, 0.3) is 6.29 Å². The van der Waals surface area contributed by atoms with Crippen LogP contribution >= 0.6 is 0 Å². The SMILES string of the molecule is CC/C=C\C/C=C\C/C=C\C/C=C\C/C=C\CCCCCCCCCCCCCCCCCCCCCCCC(=O)OC(COC(=O)CCCCCCCCCCCCCCCCCCCCCCCC)COC(OCC[N+](C)(C)C)C(=O)O. The van der Waals surface area contributed by atoms with Crippen molar-refractivity contribution in [3.05, 3.63) is 60.8 Å². The first-order chi connectivity index (χ1) is 41.1. The fourth-order valence-corrected chi connectivity index (χ4v) is 10.6. The van der Waals surface area contributed by atoms with E-state index in [2.05, 4.69) is 74.6 Å². The summed E-state index contributed by atoms with van der Waals surface area (Å²) in [6.45, 7) is 4.83. The van der Waals surface area contributed by atoms with Crippen molar-refractivity contribution in [3.63, 3.8) is 0 Å². The van der Waals surface area contributed by atoms with E-state index in [1.807, 2.05) is 21.1 Å². The zero-order valence-corrected chi connectivity index (χ0v) is 56.1. The molecular formula is C75H138NO8+. The average molecular weight is 1180 g/mol. The van der Waals surface area contributed by atoms with Crippen LogP contribution in [0.15, 0.2) is 60.8 Å². The molecule has 0 saturated heterocycles. The third kappa shape index (κ3) is 66.5. The molecule has 0 aromatic rings. The highest BCUT2D eigenvalue weighted by molar-refractivity contribution is 5.71. The Morgan fingerprint density at radius 3 is 1.01 bits per heavy atom. The topological polar surface area (TPSA) is 108 Å². The van der Waals surface area contributed by atoms with E-state index in [0.717, 1.165) is 70.6 Å². The number of esters is 2. The standard InChI is InChI=1S/C75H137NO8/c1-6-8-10-12-14-16-18-20-22-24-26-28-30-31-32-33-34-35-36-37-38-39-40-41-42-43-44-46-48-50-52-54-56-58-60-62-64-66-73(78)84-71(70-83-75(74(79)80)81-68-67-76(3,4)5)69-82-72(77)65-63-61-59-57-55-53-51-49-47-45-29-27-25-23-21-19-17-15-13-11-9-7-2/h8,10,14,16,20,22,26,28,31-32,71,75H,6-7,9,11-13,15,17-19,21,23-25,27,29-30,33-70H2,1-5H3/p+1/b10-8-,16-14-,22-20-,28-26-,32-31-. The maximum Gasteiger partial charge on any atom is 0.361 e. The fourth-order valence-electron chi connectivity index (χ4n) is 10.6. The molecular weight excluding hydrogens is 1040 g/mol. The normalized spacial score (nSPS) is 13.0. The smallest absolute Gasteiger partial charge is 0.361 e. The largest absolute Gasteiger partial charge is 0.477 e. The Morgan fingerprint density at radius 1 is 0.369 bits per heavy atom. The molecule has 0 spiro atoms. The Kier molecular flexibility index (Phi) is 63.6. The summed E-state index contributed by atoms with van der Waals surface area (Å²) >= 11 is 0. The van der Waals surface area contributed by atoms with E-state index in [1.54, 1.807) is 0 Å². The lowest BCUT2D eigenvalue weighted by Crippen LogP contribution is -2.40. The van der Waals surface area contributed by atoms with Crippen molar-refractivity contribution in [2.75, 3.05) is 47.5 Å². The van der Waals surface area contributed by atoms with Crippen molar-refractivity contribution in [1.82, 2.24) is 0 Å². The monoisotopic (exact) mass is 1180 g/mol. The van der Waals surface area contributed by atoms with Crippen molar-refractivity contribution < 1.29 is 42.9 Å². The van der Waals surface area contributed by atoms with Gasteiger partial charge < -0.3 is 28.5 Å². The molecule has 9 nitrogen and oxygen atoms in total. The van der Waals surface area contributed by atoms with Crippen LogP contribution in [-0.2, 0) is 33.3 Å². The van der Waals surface area contributed by atoms with Gasteiger partial charge in [0.1, 0.15) is 13.2 Å². The molecule has 0 amide bonds. The van der Waals surface area contributed by atoms with Crippen LogP contribution in [0.1, 0.15) is 341 Å². The number of carboxylic acids is 1. The summed E-state index contributed by atoms with van der Waals surface area (Å²) in [7, 11) is 5.99. The minimum absolute atomic E-state index is 0.176. The highest BCUT2D eigenvalue weighted by Gasteiger charge is 2.25. The van der Waals surface area contributed by atoms with Gasteiger partial charge in [-0.05, 0) is 57.8 Å². The molecule has 0 bridgehead atoms. The summed E-state index contributed by atoms with van der Waals surface area (Å²) in [5.41, 5.74) is 0. The molecule has 0 aliphatic carbocycles. The third-order valence-corrected chi connectivity index (χ3v) is 16.0. The Morgan fingerprint density at radius 2 is 0.679 bits per heavy atom. The lowest BCUT2D eigenvalue weighted by molar-refractivity contribution is -0.870. The molecule has 0 aromatic carbocycles. The van der Waals surface area contributed by atoms with Gasteiger partial charge >= 0.3 is 17.9 Å². The fraction of sp³-hybridized carbons (Fsp3) is 0.827. The molecule has 0 radical (unpaired) electrons. The highest BCUT2D eigenvalue weighted by atomic mass is 16.7. The van der Waals surface area contributed by atoms with Gasteiger partial charge in [-0.3, -0.25) is 9.59 Å². The number of carbonyl (C=O) groups excluding carboxylic acids is 2. The summed E-state index contributed by atoms with van der Waals surface area (Å²) in [6.07, 6.45) is 83.5. The molecule has 84 heavy (non-hydrogen) atoms. The first-order valence-electron chi connectivity index (χ1n) is 36.0. The van der Waals surface area contributed by atoms with Crippen LogP contribution in [0.25, 0.3) is 0 Å².